The predicted octanol–water partition coefficient (Wildman–Crippen LogP) is 3.73. The smallest absolute Gasteiger partial charge is 0.137 e. The van der Waals surface area contributed by atoms with Crippen molar-refractivity contribution >= 4 is 22.9 Å². The van der Waals surface area contributed by atoms with Crippen LogP contribution in [0.25, 0.3) is 0 Å². The van der Waals surface area contributed by atoms with Crippen LogP contribution in [0.4, 0.5) is 0 Å². The van der Waals surface area contributed by atoms with Gasteiger partial charge in [-0.1, -0.05) is 17.7 Å². The van der Waals surface area contributed by atoms with Gasteiger partial charge in [0.25, 0.3) is 0 Å². The van der Waals surface area contributed by atoms with E-state index in [-0.39, 0.29) is 6.04 Å². The molecule has 0 amide bonds. The highest BCUT2D eigenvalue weighted by Crippen LogP contribution is 2.32. The normalized spacial score (nSPS) is 12.5. The van der Waals surface area contributed by atoms with Crippen molar-refractivity contribution in [1.82, 2.24) is 10.3 Å². The zero-order valence-electron chi connectivity index (χ0n) is 11.5. The van der Waals surface area contributed by atoms with E-state index in [0.29, 0.717) is 10.8 Å². The quantitative estimate of drug-likeness (QED) is 0.933. The predicted molar refractivity (Wildman–Crippen MR) is 80.5 cm³/mol. The van der Waals surface area contributed by atoms with Crippen molar-refractivity contribution < 1.29 is 4.74 Å². The summed E-state index contributed by atoms with van der Waals surface area (Å²) >= 11 is 7.89. The number of ether oxygens (including phenoxy) is 1. The van der Waals surface area contributed by atoms with Gasteiger partial charge in [0.2, 0.25) is 0 Å². The standard InChI is InChI=1S/C14H17ClN2OS/c1-8-9(2)19-14(17-8)13(16-3)10-5-6-12(18-4)11(15)7-10/h5-7,13,16H,1-4H3. The molecule has 0 saturated carbocycles. The largest absolute Gasteiger partial charge is 0.495 e. The molecule has 0 bridgehead atoms. The van der Waals surface area contributed by atoms with Gasteiger partial charge in [0.1, 0.15) is 10.8 Å². The Balaban J connectivity index is 2.39. The molecule has 1 atom stereocenters. The molecule has 3 nitrogen and oxygen atoms in total. The Morgan fingerprint density at radius 3 is 2.58 bits per heavy atom. The molecule has 2 rings (SSSR count). The molecule has 19 heavy (non-hydrogen) atoms. The molecule has 1 unspecified atom stereocenters. The van der Waals surface area contributed by atoms with Gasteiger partial charge in [-0.3, -0.25) is 0 Å². The number of thiazole rings is 1. The van der Waals surface area contributed by atoms with Crippen molar-refractivity contribution in [3.63, 3.8) is 0 Å². The number of aromatic nitrogens is 1. The van der Waals surface area contributed by atoms with Gasteiger partial charge >= 0.3 is 0 Å². The Morgan fingerprint density at radius 1 is 1.37 bits per heavy atom. The molecule has 0 aliphatic carbocycles. The SMILES string of the molecule is CNC(c1ccc(OC)c(Cl)c1)c1nc(C)c(C)s1. The third kappa shape index (κ3) is 2.91. The molecule has 0 aliphatic rings. The summed E-state index contributed by atoms with van der Waals surface area (Å²) in [5, 5.41) is 4.96. The molecule has 1 heterocycles. The van der Waals surface area contributed by atoms with E-state index in [1.54, 1.807) is 18.4 Å². The number of nitrogens with zero attached hydrogens (tertiary/aromatic N) is 1. The minimum Gasteiger partial charge on any atom is -0.495 e. The van der Waals surface area contributed by atoms with E-state index in [0.717, 1.165) is 16.3 Å². The van der Waals surface area contributed by atoms with E-state index < -0.39 is 0 Å². The number of halogens is 1. The first kappa shape index (κ1) is 14.3. The lowest BCUT2D eigenvalue weighted by atomic mass is 10.1. The summed E-state index contributed by atoms with van der Waals surface area (Å²) in [7, 11) is 3.54. The van der Waals surface area contributed by atoms with Gasteiger partial charge in [0.15, 0.2) is 0 Å². The molecular formula is C14H17ClN2OS. The zero-order chi connectivity index (χ0) is 14.0. The summed E-state index contributed by atoms with van der Waals surface area (Å²) in [5.74, 6) is 0.687. The van der Waals surface area contributed by atoms with Crippen LogP contribution in [0.2, 0.25) is 5.02 Å². The first-order valence-electron chi connectivity index (χ1n) is 6.01. The number of methoxy groups -OCH3 is 1. The Bertz CT molecular complexity index is 563. The van der Waals surface area contributed by atoms with Gasteiger partial charge in [-0.25, -0.2) is 4.98 Å². The lowest BCUT2D eigenvalue weighted by Crippen LogP contribution is -2.17. The summed E-state index contributed by atoms with van der Waals surface area (Å²) in [6, 6.07) is 5.88. The molecule has 0 spiro atoms. The molecule has 0 saturated heterocycles. The number of hydrogen-bond donors (Lipinski definition) is 1. The molecule has 1 N–H and O–H groups in total. The first-order valence-corrected chi connectivity index (χ1v) is 7.21. The molecule has 0 aliphatic heterocycles. The maximum absolute atomic E-state index is 6.18. The van der Waals surface area contributed by atoms with Crippen molar-refractivity contribution in [2.75, 3.05) is 14.2 Å². The average molecular weight is 297 g/mol. The Kier molecular flexibility index (Phi) is 4.45. The molecule has 0 radical (unpaired) electrons. The molecule has 0 fully saturated rings. The summed E-state index contributed by atoms with van der Waals surface area (Å²) < 4.78 is 5.18. The second kappa shape index (κ2) is 5.90. The Morgan fingerprint density at radius 2 is 2.11 bits per heavy atom. The van der Waals surface area contributed by atoms with Crippen molar-refractivity contribution in [1.29, 1.82) is 0 Å². The molecule has 102 valence electrons. The number of nitrogens with one attached hydrogen (secondary N) is 1. The third-order valence-corrected chi connectivity index (χ3v) is 4.52. The van der Waals surface area contributed by atoms with Crippen LogP contribution in [0.1, 0.15) is 27.2 Å². The van der Waals surface area contributed by atoms with E-state index in [1.807, 2.05) is 32.2 Å². The van der Waals surface area contributed by atoms with E-state index >= 15 is 0 Å². The van der Waals surface area contributed by atoms with Crippen molar-refractivity contribution in [2.45, 2.75) is 19.9 Å². The number of hydrogen-bond acceptors (Lipinski definition) is 4. The minimum absolute atomic E-state index is 0.0563. The lowest BCUT2D eigenvalue weighted by molar-refractivity contribution is 0.414. The first-order chi connectivity index (χ1) is 9.06. The van der Waals surface area contributed by atoms with Crippen LogP contribution in [0, 0.1) is 13.8 Å². The van der Waals surface area contributed by atoms with E-state index in [4.69, 9.17) is 16.3 Å². The summed E-state index contributed by atoms with van der Waals surface area (Å²) in [6.07, 6.45) is 0. The second-order valence-electron chi connectivity index (χ2n) is 4.31. The minimum atomic E-state index is 0.0563. The Labute approximate surface area is 122 Å². The molecule has 1 aromatic carbocycles. The van der Waals surface area contributed by atoms with E-state index in [2.05, 4.69) is 17.2 Å². The average Bonchev–Trinajstić information content (AvgIpc) is 2.70. The second-order valence-corrected chi connectivity index (χ2v) is 5.95. The number of aryl methyl sites for hydroxylation is 2. The monoisotopic (exact) mass is 296 g/mol. The van der Waals surface area contributed by atoms with Gasteiger partial charge in [-0.2, -0.15) is 0 Å². The maximum atomic E-state index is 6.18. The Hall–Kier alpha value is -1.10. The van der Waals surface area contributed by atoms with Crippen LogP contribution in [-0.2, 0) is 0 Å². The van der Waals surface area contributed by atoms with Crippen molar-refractivity contribution in [3.8, 4) is 5.75 Å². The van der Waals surface area contributed by atoms with E-state index in [1.165, 1.54) is 4.88 Å². The van der Waals surface area contributed by atoms with Gasteiger partial charge in [-0.15, -0.1) is 11.3 Å². The lowest BCUT2D eigenvalue weighted by Gasteiger charge is -2.15. The number of benzene rings is 1. The fourth-order valence-electron chi connectivity index (χ4n) is 1.92. The van der Waals surface area contributed by atoms with Gasteiger partial charge in [0.05, 0.1) is 23.9 Å². The van der Waals surface area contributed by atoms with Crippen molar-refractivity contribution in [2.24, 2.45) is 0 Å². The summed E-state index contributed by atoms with van der Waals surface area (Å²) in [4.78, 5) is 5.86. The van der Waals surface area contributed by atoms with Crippen LogP contribution in [0.5, 0.6) is 5.75 Å². The molecular weight excluding hydrogens is 280 g/mol. The van der Waals surface area contributed by atoms with Crippen LogP contribution < -0.4 is 10.1 Å². The van der Waals surface area contributed by atoms with Crippen LogP contribution >= 0.6 is 22.9 Å². The van der Waals surface area contributed by atoms with Gasteiger partial charge in [0, 0.05) is 4.88 Å². The van der Waals surface area contributed by atoms with Gasteiger partial charge in [-0.05, 0) is 38.6 Å². The maximum Gasteiger partial charge on any atom is 0.137 e. The van der Waals surface area contributed by atoms with Crippen LogP contribution in [0.3, 0.4) is 0 Å². The van der Waals surface area contributed by atoms with Gasteiger partial charge < -0.3 is 10.1 Å². The highest BCUT2D eigenvalue weighted by molar-refractivity contribution is 7.11. The van der Waals surface area contributed by atoms with Crippen LogP contribution in [0.15, 0.2) is 18.2 Å². The highest BCUT2D eigenvalue weighted by Gasteiger charge is 2.18. The fourth-order valence-corrected chi connectivity index (χ4v) is 3.24. The van der Waals surface area contributed by atoms with E-state index in [9.17, 15) is 0 Å². The molecule has 5 heteroatoms. The summed E-state index contributed by atoms with van der Waals surface area (Å²) in [6.45, 7) is 4.12. The topological polar surface area (TPSA) is 34.1 Å². The fraction of sp³-hybridized carbons (Fsp3) is 0.357. The summed E-state index contributed by atoms with van der Waals surface area (Å²) in [5.41, 5.74) is 2.17. The van der Waals surface area contributed by atoms with Crippen molar-refractivity contribution in [3.05, 3.63) is 44.4 Å². The molecule has 1 aromatic heterocycles. The van der Waals surface area contributed by atoms with Crippen LogP contribution in [-0.4, -0.2) is 19.1 Å². The third-order valence-electron chi connectivity index (χ3n) is 3.09. The molecule has 2 aromatic rings. The zero-order valence-corrected chi connectivity index (χ0v) is 13.0. The highest BCUT2D eigenvalue weighted by atomic mass is 35.5. The number of rotatable bonds is 4.